The molecule has 1 aliphatic heterocycles. The van der Waals surface area contributed by atoms with E-state index in [0.717, 1.165) is 25.4 Å². The molecular weight excluding hydrogens is 220 g/mol. The first-order valence-electron chi connectivity index (χ1n) is 6.14. The van der Waals surface area contributed by atoms with E-state index in [2.05, 4.69) is 10.1 Å². The van der Waals surface area contributed by atoms with Gasteiger partial charge in [0.05, 0.1) is 13.2 Å². The fraction of sp³-hybridized carbons (Fsp3) is 0.667. The van der Waals surface area contributed by atoms with E-state index in [1.54, 1.807) is 13.0 Å². The highest BCUT2D eigenvalue weighted by molar-refractivity contribution is 5.87. The second-order valence-electron chi connectivity index (χ2n) is 4.24. The summed E-state index contributed by atoms with van der Waals surface area (Å²) in [4.78, 5) is 13.7. The molecule has 1 aromatic heterocycles. The molecule has 1 saturated heterocycles. The molecule has 5 nitrogen and oxygen atoms in total. The third kappa shape index (κ3) is 3.30. The molecule has 2 heterocycles. The number of likely N-dealkylation sites (tertiary alicyclic amines) is 1. The van der Waals surface area contributed by atoms with Gasteiger partial charge in [-0.05, 0) is 32.9 Å². The molecule has 0 aromatic carbocycles. The van der Waals surface area contributed by atoms with Crippen molar-refractivity contribution in [1.82, 2.24) is 10.1 Å². The minimum absolute atomic E-state index is 0.263. The number of rotatable bonds is 4. The predicted molar refractivity (Wildman–Crippen MR) is 61.6 cm³/mol. The number of piperidine rings is 1. The van der Waals surface area contributed by atoms with Gasteiger partial charge in [-0.3, -0.25) is 4.90 Å². The van der Waals surface area contributed by atoms with Crippen molar-refractivity contribution in [3.63, 3.8) is 0 Å². The highest BCUT2D eigenvalue weighted by atomic mass is 16.5. The molecule has 0 atom stereocenters. The molecule has 1 fully saturated rings. The van der Waals surface area contributed by atoms with Crippen molar-refractivity contribution in [2.75, 3.05) is 19.7 Å². The Balaban J connectivity index is 1.91. The number of hydrogen-bond donors (Lipinski definition) is 0. The van der Waals surface area contributed by atoms with E-state index in [1.807, 2.05) is 0 Å². The van der Waals surface area contributed by atoms with Gasteiger partial charge in [-0.15, -0.1) is 0 Å². The van der Waals surface area contributed by atoms with Gasteiger partial charge in [0.2, 0.25) is 0 Å². The molecule has 0 N–H and O–H groups in total. The van der Waals surface area contributed by atoms with Gasteiger partial charge < -0.3 is 9.26 Å². The fourth-order valence-corrected chi connectivity index (χ4v) is 2.03. The van der Waals surface area contributed by atoms with Gasteiger partial charge in [0.15, 0.2) is 11.5 Å². The molecule has 0 radical (unpaired) electrons. The van der Waals surface area contributed by atoms with Gasteiger partial charge in [-0.25, -0.2) is 4.79 Å². The van der Waals surface area contributed by atoms with Crippen molar-refractivity contribution in [3.8, 4) is 0 Å². The SMILES string of the molecule is CCOC(=O)c1cc(CN2CCCCC2)on1. The fourth-order valence-electron chi connectivity index (χ4n) is 2.03. The van der Waals surface area contributed by atoms with Crippen molar-refractivity contribution >= 4 is 5.97 Å². The highest BCUT2D eigenvalue weighted by Gasteiger charge is 2.16. The molecule has 0 aliphatic carbocycles. The van der Waals surface area contributed by atoms with E-state index in [1.165, 1.54) is 19.3 Å². The van der Waals surface area contributed by atoms with Crippen LogP contribution in [0, 0.1) is 0 Å². The largest absolute Gasteiger partial charge is 0.461 e. The zero-order valence-corrected chi connectivity index (χ0v) is 10.1. The standard InChI is InChI=1S/C12H18N2O3/c1-2-16-12(15)11-8-10(17-13-11)9-14-6-4-3-5-7-14/h8H,2-7,9H2,1H3. The highest BCUT2D eigenvalue weighted by Crippen LogP contribution is 2.14. The van der Waals surface area contributed by atoms with E-state index >= 15 is 0 Å². The van der Waals surface area contributed by atoms with Gasteiger partial charge in [0.1, 0.15) is 0 Å². The van der Waals surface area contributed by atoms with Crippen LogP contribution in [-0.2, 0) is 11.3 Å². The van der Waals surface area contributed by atoms with Crippen LogP contribution in [0.3, 0.4) is 0 Å². The van der Waals surface area contributed by atoms with Crippen LogP contribution in [0.25, 0.3) is 0 Å². The molecular formula is C12H18N2O3. The Bertz CT molecular complexity index is 370. The molecule has 5 heteroatoms. The summed E-state index contributed by atoms with van der Waals surface area (Å²) >= 11 is 0. The Kier molecular flexibility index (Phi) is 4.14. The van der Waals surface area contributed by atoms with Crippen molar-refractivity contribution < 1.29 is 14.1 Å². The first-order valence-corrected chi connectivity index (χ1v) is 6.14. The monoisotopic (exact) mass is 238 g/mol. The average Bonchev–Trinajstić information content (AvgIpc) is 2.79. The van der Waals surface area contributed by atoms with Crippen molar-refractivity contribution in [3.05, 3.63) is 17.5 Å². The van der Waals surface area contributed by atoms with Crippen LogP contribution < -0.4 is 0 Å². The van der Waals surface area contributed by atoms with Crippen LogP contribution >= 0.6 is 0 Å². The second kappa shape index (κ2) is 5.82. The lowest BCUT2D eigenvalue weighted by Gasteiger charge is -2.24. The summed E-state index contributed by atoms with van der Waals surface area (Å²) in [6.07, 6.45) is 3.78. The molecule has 94 valence electrons. The minimum Gasteiger partial charge on any atom is -0.461 e. The number of nitrogens with zero attached hydrogens (tertiary/aromatic N) is 2. The number of carbonyl (C=O) groups excluding carboxylic acids is 1. The topological polar surface area (TPSA) is 55.6 Å². The van der Waals surface area contributed by atoms with Crippen molar-refractivity contribution in [1.29, 1.82) is 0 Å². The number of hydrogen-bond acceptors (Lipinski definition) is 5. The van der Waals surface area contributed by atoms with Crippen LogP contribution in [0.1, 0.15) is 42.4 Å². The molecule has 17 heavy (non-hydrogen) atoms. The molecule has 0 spiro atoms. The summed E-state index contributed by atoms with van der Waals surface area (Å²) in [7, 11) is 0. The Labute approximate surface area is 101 Å². The third-order valence-corrected chi connectivity index (χ3v) is 2.87. The van der Waals surface area contributed by atoms with Crippen LogP contribution in [0.2, 0.25) is 0 Å². The smallest absolute Gasteiger partial charge is 0.360 e. The van der Waals surface area contributed by atoms with Crippen molar-refractivity contribution in [2.45, 2.75) is 32.7 Å². The molecule has 0 saturated carbocycles. The lowest BCUT2D eigenvalue weighted by Crippen LogP contribution is -2.28. The Hall–Kier alpha value is -1.36. The maximum Gasteiger partial charge on any atom is 0.360 e. The summed E-state index contributed by atoms with van der Waals surface area (Å²) in [6.45, 7) is 5.04. The predicted octanol–water partition coefficient (Wildman–Crippen LogP) is 1.84. The van der Waals surface area contributed by atoms with E-state index in [-0.39, 0.29) is 5.69 Å². The maximum absolute atomic E-state index is 11.4. The van der Waals surface area contributed by atoms with E-state index in [0.29, 0.717) is 6.61 Å². The molecule has 1 aromatic rings. The van der Waals surface area contributed by atoms with Gasteiger partial charge >= 0.3 is 5.97 Å². The Morgan fingerprint density at radius 1 is 1.47 bits per heavy atom. The first kappa shape index (κ1) is 12.1. The van der Waals surface area contributed by atoms with E-state index in [4.69, 9.17) is 9.26 Å². The molecule has 0 amide bonds. The van der Waals surface area contributed by atoms with E-state index < -0.39 is 5.97 Å². The van der Waals surface area contributed by atoms with Gasteiger partial charge in [-0.1, -0.05) is 11.6 Å². The molecule has 0 bridgehead atoms. The van der Waals surface area contributed by atoms with Crippen LogP contribution in [0.4, 0.5) is 0 Å². The molecule has 2 rings (SSSR count). The number of ether oxygens (including phenoxy) is 1. The van der Waals surface area contributed by atoms with Gasteiger partial charge in [0.25, 0.3) is 0 Å². The number of esters is 1. The quantitative estimate of drug-likeness (QED) is 0.749. The normalized spacial score (nSPS) is 17.0. The lowest BCUT2D eigenvalue weighted by molar-refractivity contribution is 0.0514. The second-order valence-corrected chi connectivity index (χ2v) is 4.24. The summed E-state index contributed by atoms with van der Waals surface area (Å²) in [5.74, 6) is 0.316. The minimum atomic E-state index is -0.416. The van der Waals surface area contributed by atoms with Gasteiger partial charge in [0, 0.05) is 6.07 Å². The zero-order valence-electron chi connectivity index (χ0n) is 10.1. The average molecular weight is 238 g/mol. The third-order valence-electron chi connectivity index (χ3n) is 2.87. The first-order chi connectivity index (χ1) is 8.29. The number of carbonyl (C=O) groups is 1. The summed E-state index contributed by atoms with van der Waals surface area (Å²) in [5, 5.41) is 3.72. The van der Waals surface area contributed by atoms with Crippen molar-refractivity contribution in [2.24, 2.45) is 0 Å². The zero-order chi connectivity index (χ0) is 12.1. The summed E-state index contributed by atoms with van der Waals surface area (Å²) in [5.41, 5.74) is 0.263. The van der Waals surface area contributed by atoms with Crippen LogP contribution in [0.15, 0.2) is 10.6 Å². The van der Waals surface area contributed by atoms with Crippen LogP contribution in [-0.4, -0.2) is 35.7 Å². The lowest BCUT2D eigenvalue weighted by atomic mass is 10.1. The Morgan fingerprint density at radius 2 is 2.24 bits per heavy atom. The van der Waals surface area contributed by atoms with E-state index in [9.17, 15) is 4.79 Å². The maximum atomic E-state index is 11.4. The Morgan fingerprint density at radius 3 is 2.94 bits per heavy atom. The van der Waals surface area contributed by atoms with Gasteiger partial charge in [-0.2, -0.15) is 0 Å². The number of aromatic nitrogens is 1. The summed E-state index contributed by atoms with van der Waals surface area (Å²) < 4.78 is 10.00. The molecule has 0 unspecified atom stereocenters. The molecule has 1 aliphatic rings. The van der Waals surface area contributed by atoms with Crippen LogP contribution in [0.5, 0.6) is 0 Å². The summed E-state index contributed by atoms with van der Waals surface area (Å²) in [6, 6.07) is 1.67.